The van der Waals surface area contributed by atoms with E-state index in [1.54, 1.807) is 0 Å². The first kappa shape index (κ1) is 7.85. The molecule has 46 valence electrons. The number of ketones is 1. The van der Waals surface area contributed by atoms with Crippen LogP contribution in [0.15, 0.2) is 11.1 Å². The summed E-state index contributed by atoms with van der Waals surface area (Å²) in [6.07, 6.45) is 1.58. The van der Waals surface area contributed by atoms with Gasteiger partial charge in [0.25, 0.3) is 0 Å². The van der Waals surface area contributed by atoms with Crippen molar-refractivity contribution in [2.24, 2.45) is 0 Å². The molecule has 0 unspecified atom stereocenters. The molecule has 8 heavy (non-hydrogen) atoms. The van der Waals surface area contributed by atoms with Crippen molar-refractivity contribution in [1.29, 1.82) is 0 Å². The summed E-state index contributed by atoms with van der Waals surface area (Å²) in [5, 5.41) is 8.19. The van der Waals surface area contributed by atoms with E-state index >= 15 is 0 Å². The van der Waals surface area contributed by atoms with Crippen molar-refractivity contribution < 1.29 is 9.90 Å². The molecule has 0 bridgehead atoms. The number of rotatable bonds is 3. The van der Waals surface area contributed by atoms with Crippen LogP contribution in [0.4, 0.5) is 0 Å². The van der Waals surface area contributed by atoms with Crippen LogP contribution < -0.4 is 0 Å². The van der Waals surface area contributed by atoms with Crippen molar-refractivity contribution in [2.75, 3.05) is 6.61 Å². The van der Waals surface area contributed by atoms with Crippen molar-refractivity contribution >= 4 is 21.7 Å². The maximum Gasteiger partial charge on any atom is 0.158 e. The minimum atomic E-state index is -0.0732. The Morgan fingerprint density at radius 3 is 2.75 bits per heavy atom. The SMILES string of the molecule is O=C(/C=C/Br)CCO. The predicted molar refractivity (Wildman–Crippen MR) is 34.8 cm³/mol. The molecule has 0 aromatic heterocycles. The van der Waals surface area contributed by atoms with Crippen LogP contribution in [0.1, 0.15) is 6.42 Å². The van der Waals surface area contributed by atoms with Gasteiger partial charge in [-0.05, 0) is 11.1 Å². The van der Waals surface area contributed by atoms with Crippen molar-refractivity contribution in [3.63, 3.8) is 0 Å². The minimum absolute atomic E-state index is 0.0654. The van der Waals surface area contributed by atoms with E-state index in [4.69, 9.17) is 5.11 Å². The zero-order valence-corrected chi connectivity index (χ0v) is 5.89. The van der Waals surface area contributed by atoms with Crippen LogP contribution in [0.3, 0.4) is 0 Å². The molecular weight excluding hydrogens is 172 g/mol. The van der Waals surface area contributed by atoms with Crippen molar-refractivity contribution in [3.05, 3.63) is 11.1 Å². The van der Waals surface area contributed by atoms with Gasteiger partial charge in [-0.1, -0.05) is 15.9 Å². The Bertz CT molecular complexity index is 98.6. The van der Waals surface area contributed by atoms with Crippen LogP contribution in [0.25, 0.3) is 0 Å². The largest absolute Gasteiger partial charge is 0.396 e. The van der Waals surface area contributed by atoms with E-state index in [2.05, 4.69) is 15.9 Å². The van der Waals surface area contributed by atoms with E-state index in [0.29, 0.717) is 0 Å². The topological polar surface area (TPSA) is 37.3 Å². The molecule has 0 spiro atoms. The number of aliphatic hydroxyl groups excluding tert-OH is 1. The molecule has 0 aliphatic heterocycles. The monoisotopic (exact) mass is 178 g/mol. The summed E-state index contributed by atoms with van der Waals surface area (Å²) >= 11 is 2.94. The van der Waals surface area contributed by atoms with Gasteiger partial charge in [-0.15, -0.1) is 0 Å². The van der Waals surface area contributed by atoms with E-state index in [9.17, 15) is 4.79 Å². The summed E-state index contributed by atoms with van der Waals surface area (Å²) in [7, 11) is 0. The Morgan fingerprint density at radius 1 is 1.75 bits per heavy atom. The Kier molecular flexibility index (Phi) is 4.90. The number of allylic oxidation sites excluding steroid dienone is 1. The highest BCUT2D eigenvalue weighted by atomic mass is 79.9. The fraction of sp³-hybridized carbons (Fsp3) is 0.400. The fourth-order valence-corrected chi connectivity index (χ4v) is 0.559. The molecule has 1 N–H and O–H groups in total. The number of hydrogen-bond donors (Lipinski definition) is 1. The molecule has 0 aromatic carbocycles. The molecule has 0 saturated heterocycles. The van der Waals surface area contributed by atoms with Crippen LogP contribution in [0.5, 0.6) is 0 Å². The third kappa shape index (κ3) is 4.02. The smallest absolute Gasteiger partial charge is 0.158 e. The third-order valence-electron chi connectivity index (χ3n) is 0.607. The molecule has 0 rings (SSSR count). The fourth-order valence-electron chi connectivity index (χ4n) is 0.264. The second kappa shape index (κ2) is 5.00. The summed E-state index contributed by atoms with van der Waals surface area (Å²) in [6, 6.07) is 0. The normalized spacial score (nSPS) is 10.2. The highest BCUT2D eigenvalue weighted by Gasteiger charge is 1.90. The summed E-state index contributed by atoms with van der Waals surface area (Å²) < 4.78 is 0. The Balaban J connectivity index is 3.33. The number of halogens is 1. The lowest BCUT2D eigenvalue weighted by Gasteiger charge is -1.84. The molecule has 0 fully saturated rings. The van der Waals surface area contributed by atoms with E-state index < -0.39 is 0 Å². The van der Waals surface area contributed by atoms with Gasteiger partial charge in [0, 0.05) is 6.42 Å². The highest BCUT2D eigenvalue weighted by Crippen LogP contribution is 1.87. The van der Waals surface area contributed by atoms with E-state index in [1.165, 1.54) is 11.1 Å². The Labute approximate surface area is 56.3 Å². The average molecular weight is 179 g/mol. The summed E-state index contributed by atoms with van der Waals surface area (Å²) in [4.78, 5) is 11.8. The predicted octanol–water partition coefficient (Wildman–Crippen LogP) is 0.846. The summed E-state index contributed by atoms with van der Waals surface area (Å²) in [5.74, 6) is -0.0654. The summed E-state index contributed by atoms with van der Waals surface area (Å²) in [5.41, 5.74) is 0. The van der Waals surface area contributed by atoms with Gasteiger partial charge in [-0.2, -0.15) is 0 Å². The zero-order valence-electron chi connectivity index (χ0n) is 4.30. The molecule has 0 amide bonds. The van der Waals surface area contributed by atoms with E-state index in [1.807, 2.05) is 0 Å². The first-order chi connectivity index (χ1) is 3.81. The van der Waals surface area contributed by atoms with Gasteiger partial charge in [0.2, 0.25) is 0 Å². The molecule has 0 aliphatic carbocycles. The molecule has 0 saturated carbocycles. The lowest BCUT2D eigenvalue weighted by molar-refractivity contribution is -0.115. The number of hydrogen-bond acceptors (Lipinski definition) is 2. The zero-order chi connectivity index (χ0) is 6.41. The Hall–Kier alpha value is -0.150. The quantitative estimate of drug-likeness (QED) is 0.652. The summed E-state index contributed by atoms with van der Waals surface area (Å²) in [6.45, 7) is -0.0732. The van der Waals surface area contributed by atoms with Gasteiger partial charge < -0.3 is 5.11 Å². The van der Waals surface area contributed by atoms with Crippen LogP contribution in [-0.4, -0.2) is 17.5 Å². The third-order valence-corrected chi connectivity index (χ3v) is 0.871. The number of carbonyl (C=O) groups is 1. The Morgan fingerprint density at radius 2 is 2.38 bits per heavy atom. The molecular formula is C5H7BrO2. The second-order valence-electron chi connectivity index (χ2n) is 1.23. The standard InChI is InChI=1S/C5H7BrO2/c6-3-1-5(8)2-4-7/h1,3,7H,2,4H2/b3-1+. The van der Waals surface area contributed by atoms with E-state index in [-0.39, 0.29) is 18.8 Å². The minimum Gasteiger partial charge on any atom is -0.396 e. The van der Waals surface area contributed by atoms with Crippen molar-refractivity contribution in [3.8, 4) is 0 Å². The van der Waals surface area contributed by atoms with Gasteiger partial charge in [0.15, 0.2) is 5.78 Å². The van der Waals surface area contributed by atoms with Gasteiger partial charge in [-0.3, -0.25) is 4.79 Å². The second-order valence-corrected chi connectivity index (χ2v) is 1.76. The lowest BCUT2D eigenvalue weighted by atomic mass is 10.3. The molecule has 0 aliphatic rings. The van der Waals surface area contributed by atoms with Gasteiger partial charge in [0.05, 0.1) is 6.61 Å². The maximum atomic E-state index is 10.4. The van der Waals surface area contributed by atoms with Gasteiger partial charge >= 0.3 is 0 Å². The molecule has 0 radical (unpaired) electrons. The first-order valence-corrected chi connectivity index (χ1v) is 3.13. The molecule has 0 atom stereocenters. The van der Waals surface area contributed by atoms with E-state index in [0.717, 1.165) is 0 Å². The van der Waals surface area contributed by atoms with Gasteiger partial charge in [-0.25, -0.2) is 0 Å². The van der Waals surface area contributed by atoms with Gasteiger partial charge in [0.1, 0.15) is 0 Å². The van der Waals surface area contributed by atoms with Crippen LogP contribution in [0, 0.1) is 0 Å². The van der Waals surface area contributed by atoms with Crippen LogP contribution in [-0.2, 0) is 4.79 Å². The molecule has 2 nitrogen and oxygen atoms in total. The molecule has 0 heterocycles. The number of aliphatic hydroxyl groups is 1. The average Bonchev–Trinajstić information content (AvgIpc) is 1.68. The first-order valence-electron chi connectivity index (χ1n) is 2.21. The maximum absolute atomic E-state index is 10.4. The van der Waals surface area contributed by atoms with Crippen molar-refractivity contribution in [1.82, 2.24) is 0 Å². The molecule has 3 heteroatoms. The number of carbonyl (C=O) groups excluding carboxylic acids is 1. The van der Waals surface area contributed by atoms with Crippen LogP contribution >= 0.6 is 15.9 Å². The van der Waals surface area contributed by atoms with Crippen LogP contribution in [0.2, 0.25) is 0 Å². The van der Waals surface area contributed by atoms with Crippen molar-refractivity contribution in [2.45, 2.75) is 6.42 Å². The lowest BCUT2D eigenvalue weighted by Crippen LogP contribution is -1.94. The highest BCUT2D eigenvalue weighted by molar-refractivity contribution is 9.11. The molecule has 0 aromatic rings.